The summed E-state index contributed by atoms with van der Waals surface area (Å²) in [7, 11) is 0.805. The van der Waals surface area contributed by atoms with Crippen LogP contribution in [0, 0.1) is 5.82 Å². The van der Waals surface area contributed by atoms with Gasteiger partial charge in [-0.15, -0.1) is 0 Å². The van der Waals surface area contributed by atoms with Gasteiger partial charge in [-0.05, 0) is 58.0 Å². The number of pyridine rings is 1. The molecule has 0 saturated heterocycles. The number of carbonyl (C=O) groups is 5. The number of esters is 1. The van der Waals surface area contributed by atoms with Gasteiger partial charge in [0.05, 0.1) is 19.2 Å². The zero-order chi connectivity index (χ0) is 39.3. The van der Waals surface area contributed by atoms with E-state index in [4.69, 9.17) is 14.2 Å². The van der Waals surface area contributed by atoms with Crippen LogP contribution in [0.25, 0.3) is 0 Å². The first kappa shape index (κ1) is 42.0. The van der Waals surface area contributed by atoms with Crippen molar-refractivity contribution in [2.45, 2.75) is 58.3 Å². The number of para-hydroxylation sites is 1. The average Bonchev–Trinajstić information content (AvgIpc) is 3.12. The normalized spacial score (nSPS) is 12.3. The minimum atomic E-state index is -2.21. The Balaban J connectivity index is 1.97. The molecular weight excluding hydrogens is 692 g/mol. The van der Waals surface area contributed by atoms with E-state index in [1.54, 1.807) is 57.0 Å². The van der Waals surface area contributed by atoms with Crippen LogP contribution in [0.2, 0.25) is 0 Å². The van der Waals surface area contributed by atoms with Crippen LogP contribution in [0.1, 0.15) is 60.9 Å². The van der Waals surface area contributed by atoms with E-state index in [0.717, 1.165) is 17.8 Å². The molecule has 0 aliphatic heterocycles. The second-order valence-corrected chi connectivity index (χ2v) is 12.9. The predicted molar refractivity (Wildman–Crippen MR) is 191 cm³/mol. The van der Waals surface area contributed by atoms with Crippen LogP contribution in [0.5, 0.6) is 11.5 Å². The van der Waals surface area contributed by atoms with Gasteiger partial charge < -0.3 is 39.8 Å². The Morgan fingerprint density at radius 2 is 1.74 bits per heavy atom. The van der Waals surface area contributed by atoms with Gasteiger partial charge in [-0.3, -0.25) is 24.3 Å². The number of aromatic nitrogens is 1. The van der Waals surface area contributed by atoms with Crippen molar-refractivity contribution in [3.63, 3.8) is 0 Å². The number of rotatable bonds is 17. The number of ether oxygens (including phenoxy) is 3. The number of nitrogens with one attached hydrogen (secondary N) is 2. The molecule has 0 fully saturated rings. The summed E-state index contributed by atoms with van der Waals surface area (Å²) in [6.07, 6.45) is 0.726. The van der Waals surface area contributed by atoms with Gasteiger partial charge in [0.1, 0.15) is 35.0 Å². The number of halogens is 1. The second kappa shape index (κ2) is 19.5. The Morgan fingerprint density at radius 3 is 2.32 bits per heavy atom. The number of hydrogen-bond donors (Lipinski definition) is 4. The maximum Gasteiger partial charge on any atom is 0.475 e. The number of hydrogen-bond acceptors (Lipinski definition) is 12. The van der Waals surface area contributed by atoms with Gasteiger partial charge in [0, 0.05) is 19.2 Å². The number of benzene rings is 2. The number of methoxy groups -OCH3 is 1. The van der Waals surface area contributed by atoms with E-state index in [1.165, 1.54) is 25.3 Å². The average molecular weight is 738 g/mol. The summed E-state index contributed by atoms with van der Waals surface area (Å²) < 4.78 is 32.3. The molecule has 3 aromatic rings. The minimum Gasteiger partial charge on any atom is -0.496 e. The SMILES string of the molecule is CCN(C)CCN(C(=O)C=O)C(=O)NC(C(=O)NC(Cc1cccc(C(=O)OC(C)(C)C)c1OC)B(O)O)c1ncc(OCc2ccccc2)cc1F. The molecular formula is C36H45BFN5O10. The van der Waals surface area contributed by atoms with Crippen LogP contribution < -0.4 is 20.1 Å². The molecule has 0 radical (unpaired) electrons. The van der Waals surface area contributed by atoms with Crippen molar-refractivity contribution >= 4 is 37.2 Å². The van der Waals surface area contributed by atoms with Gasteiger partial charge in [0.25, 0.3) is 5.91 Å². The van der Waals surface area contributed by atoms with E-state index < -0.39 is 60.0 Å². The Morgan fingerprint density at radius 1 is 1.04 bits per heavy atom. The van der Waals surface area contributed by atoms with Crippen molar-refractivity contribution in [1.82, 2.24) is 25.4 Å². The molecule has 0 aliphatic carbocycles. The van der Waals surface area contributed by atoms with Crippen LogP contribution in [0.4, 0.5) is 9.18 Å². The van der Waals surface area contributed by atoms with Crippen molar-refractivity contribution in [3.8, 4) is 11.5 Å². The lowest BCUT2D eigenvalue weighted by atomic mass is 9.75. The predicted octanol–water partition coefficient (Wildman–Crippen LogP) is 2.23. The van der Waals surface area contributed by atoms with Crippen molar-refractivity contribution in [2.24, 2.45) is 0 Å². The van der Waals surface area contributed by atoms with E-state index in [0.29, 0.717) is 11.4 Å². The molecule has 284 valence electrons. The van der Waals surface area contributed by atoms with Crippen LogP contribution in [-0.4, -0.2) is 107 Å². The number of imide groups is 1. The number of likely N-dealkylation sites (N-methyl/N-ethyl adjacent to an activating group) is 1. The van der Waals surface area contributed by atoms with E-state index in [2.05, 4.69) is 15.6 Å². The standard InChI is InChI=1S/C36H45BFN5O10/c1-7-42(5)16-17-43(29(45)21-44)35(48)41-31(30-27(38)19-25(20-39-30)52-22-23-12-9-8-10-13-23)33(46)40-28(37(49)50)18-24-14-11-15-26(32(24)51-6)34(47)53-36(2,3)4/h8-15,19-21,28,31,49-50H,7,16-18,22H2,1-6H3,(H,40,46)(H,41,48). The van der Waals surface area contributed by atoms with Gasteiger partial charge in [0.2, 0.25) is 12.2 Å². The maximum absolute atomic E-state index is 15.8. The van der Waals surface area contributed by atoms with E-state index in [-0.39, 0.29) is 55.0 Å². The highest BCUT2D eigenvalue weighted by molar-refractivity contribution is 6.43. The minimum absolute atomic E-state index is 0.00145. The summed E-state index contributed by atoms with van der Waals surface area (Å²) in [5.74, 6) is -5.64. The van der Waals surface area contributed by atoms with E-state index >= 15 is 4.39 Å². The fraction of sp³-hybridized carbons (Fsp3) is 0.389. The van der Waals surface area contributed by atoms with Crippen molar-refractivity contribution in [1.29, 1.82) is 0 Å². The molecule has 2 atom stereocenters. The molecule has 0 bridgehead atoms. The number of nitrogens with zero attached hydrogens (tertiary/aromatic N) is 3. The van der Waals surface area contributed by atoms with Gasteiger partial charge in [-0.2, -0.15) is 0 Å². The first-order valence-electron chi connectivity index (χ1n) is 16.7. The topological polar surface area (TPSA) is 197 Å². The first-order chi connectivity index (χ1) is 25.1. The van der Waals surface area contributed by atoms with Crippen LogP contribution in [-0.2, 0) is 32.1 Å². The molecule has 17 heteroatoms. The van der Waals surface area contributed by atoms with Crippen LogP contribution in [0.3, 0.4) is 0 Å². The fourth-order valence-corrected chi connectivity index (χ4v) is 4.94. The Kier molecular flexibility index (Phi) is 15.4. The lowest BCUT2D eigenvalue weighted by Crippen LogP contribution is -2.54. The molecule has 2 aromatic carbocycles. The number of carbonyl (C=O) groups excluding carboxylic acids is 5. The summed E-state index contributed by atoms with van der Waals surface area (Å²) in [5, 5.41) is 25.4. The summed E-state index contributed by atoms with van der Waals surface area (Å²) in [6, 6.07) is 11.3. The fourth-order valence-electron chi connectivity index (χ4n) is 4.94. The molecule has 0 aliphatic rings. The molecule has 0 spiro atoms. The van der Waals surface area contributed by atoms with Crippen molar-refractivity contribution in [2.75, 3.05) is 33.8 Å². The van der Waals surface area contributed by atoms with Crippen molar-refractivity contribution in [3.05, 3.63) is 89.0 Å². The number of amides is 4. The third-order valence-electron chi connectivity index (χ3n) is 7.80. The highest BCUT2D eigenvalue weighted by Gasteiger charge is 2.35. The maximum atomic E-state index is 15.8. The summed E-state index contributed by atoms with van der Waals surface area (Å²) >= 11 is 0. The van der Waals surface area contributed by atoms with E-state index in [9.17, 15) is 34.0 Å². The van der Waals surface area contributed by atoms with E-state index in [1.807, 2.05) is 13.0 Å². The van der Waals surface area contributed by atoms with Crippen LogP contribution >= 0.6 is 0 Å². The molecule has 1 heterocycles. The smallest absolute Gasteiger partial charge is 0.475 e. The van der Waals surface area contributed by atoms with Gasteiger partial charge in [-0.25, -0.2) is 14.0 Å². The molecule has 53 heavy (non-hydrogen) atoms. The number of urea groups is 1. The molecule has 3 rings (SSSR count). The molecule has 2 unspecified atom stereocenters. The lowest BCUT2D eigenvalue weighted by Gasteiger charge is -2.27. The Bertz CT molecular complexity index is 1740. The summed E-state index contributed by atoms with van der Waals surface area (Å²) in [4.78, 5) is 70.6. The molecule has 4 N–H and O–H groups in total. The summed E-state index contributed by atoms with van der Waals surface area (Å²) in [5.41, 5.74) is -0.346. The monoisotopic (exact) mass is 737 g/mol. The largest absolute Gasteiger partial charge is 0.496 e. The highest BCUT2D eigenvalue weighted by Crippen LogP contribution is 2.28. The zero-order valence-electron chi connectivity index (χ0n) is 30.5. The number of aldehydes is 1. The zero-order valence-corrected chi connectivity index (χ0v) is 30.5. The van der Waals surface area contributed by atoms with Gasteiger partial charge in [-0.1, -0.05) is 49.4 Å². The lowest BCUT2D eigenvalue weighted by molar-refractivity contribution is -0.136. The third kappa shape index (κ3) is 12.4. The molecule has 0 saturated carbocycles. The molecule has 1 aromatic heterocycles. The van der Waals surface area contributed by atoms with Crippen molar-refractivity contribution < 1.29 is 52.6 Å². The highest BCUT2D eigenvalue weighted by atomic mass is 19.1. The van der Waals surface area contributed by atoms with Gasteiger partial charge >= 0.3 is 19.1 Å². The molecule has 4 amide bonds. The first-order valence-corrected chi connectivity index (χ1v) is 16.7. The third-order valence-corrected chi connectivity index (χ3v) is 7.80. The molecule has 15 nitrogen and oxygen atoms in total. The Hall–Kier alpha value is -5.39. The Labute approximate surface area is 307 Å². The summed E-state index contributed by atoms with van der Waals surface area (Å²) in [6.45, 7) is 7.44. The van der Waals surface area contributed by atoms with Crippen LogP contribution in [0.15, 0.2) is 60.8 Å². The van der Waals surface area contributed by atoms with Gasteiger partial charge in [0.15, 0.2) is 11.9 Å². The second-order valence-electron chi connectivity index (χ2n) is 12.9. The quantitative estimate of drug-likeness (QED) is 0.0684.